The van der Waals surface area contributed by atoms with Gasteiger partial charge in [-0.25, -0.2) is 22.2 Å². The van der Waals surface area contributed by atoms with Gasteiger partial charge in [-0.05, 0) is 53.5 Å². The van der Waals surface area contributed by atoms with Crippen LogP contribution in [0.25, 0.3) is 22.2 Å². The number of fused-ring (bicyclic) bond motifs is 1. The molecule has 2 heterocycles. The van der Waals surface area contributed by atoms with Crippen molar-refractivity contribution >= 4 is 50.1 Å². The minimum atomic E-state index is -4.21. The first-order chi connectivity index (χ1) is 16.7. The van der Waals surface area contributed by atoms with Gasteiger partial charge < -0.3 is 14.9 Å². The van der Waals surface area contributed by atoms with Gasteiger partial charge in [-0.1, -0.05) is 17.7 Å². The van der Waals surface area contributed by atoms with Crippen molar-refractivity contribution in [2.75, 3.05) is 5.73 Å². The number of hydrogen-bond acceptors (Lipinski definition) is 9. The molecule has 13 heteroatoms. The minimum Gasteiger partial charge on any atom is -0.454 e. The zero-order chi connectivity index (χ0) is 24.7. The van der Waals surface area contributed by atoms with Crippen molar-refractivity contribution in [3.05, 3.63) is 76.5 Å². The Hall–Kier alpha value is -3.61. The van der Waals surface area contributed by atoms with Gasteiger partial charge in [0.2, 0.25) is 0 Å². The summed E-state index contributed by atoms with van der Waals surface area (Å²) in [6, 6.07) is 10.9. The van der Waals surface area contributed by atoms with Gasteiger partial charge >= 0.3 is 0 Å². The molecule has 0 aliphatic carbocycles. The second-order valence-electron chi connectivity index (χ2n) is 7.28. The molecule has 0 atom stereocenters. The van der Waals surface area contributed by atoms with Crippen molar-refractivity contribution in [2.24, 2.45) is 0 Å². The summed E-state index contributed by atoms with van der Waals surface area (Å²) in [6.07, 6.45) is 1.18. The highest BCUT2D eigenvalue weighted by atomic mass is 35.5. The Bertz CT molecular complexity index is 1670. The quantitative estimate of drug-likeness (QED) is 0.297. The number of halogens is 3. The lowest BCUT2D eigenvalue weighted by Gasteiger charge is -2.14. The van der Waals surface area contributed by atoms with Crippen LogP contribution in [0.1, 0.15) is 5.01 Å². The zero-order valence-electron chi connectivity index (χ0n) is 17.4. The van der Waals surface area contributed by atoms with Gasteiger partial charge in [-0.3, -0.25) is 0 Å². The fourth-order valence-electron chi connectivity index (χ4n) is 3.37. The van der Waals surface area contributed by atoms with Crippen molar-refractivity contribution < 1.29 is 26.4 Å². The number of hydrogen-bond donors (Lipinski definition) is 1. The largest absolute Gasteiger partial charge is 0.454 e. The van der Waals surface area contributed by atoms with Gasteiger partial charge in [0.25, 0.3) is 6.01 Å². The summed E-state index contributed by atoms with van der Waals surface area (Å²) >= 11 is 7.01. The van der Waals surface area contributed by atoms with E-state index in [0.717, 1.165) is 11.5 Å². The molecule has 0 fully saturated rings. The van der Waals surface area contributed by atoms with E-state index >= 15 is 0 Å². The summed E-state index contributed by atoms with van der Waals surface area (Å²) in [5, 5.41) is 0.524. The maximum Gasteiger partial charge on any atom is 0.292 e. The van der Waals surface area contributed by atoms with E-state index in [2.05, 4.69) is 14.3 Å². The van der Waals surface area contributed by atoms with E-state index < -0.39 is 37.9 Å². The number of aromatic nitrogens is 3. The van der Waals surface area contributed by atoms with Gasteiger partial charge in [0.05, 0.1) is 0 Å². The number of rotatable bonds is 6. The fourth-order valence-corrected chi connectivity index (χ4v) is 5.72. The van der Waals surface area contributed by atoms with Crippen molar-refractivity contribution in [1.29, 1.82) is 0 Å². The third-order valence-electron chi connectivity index (χ3n) is 4.92. The Kier molecular flexibility index (Phi) is 5.87. The van der Waals surface area contributed by atoms with Crippen LogP contribution in [0.4, 0.5) is 14.8 Å². The first-order valence-corrected chi connectivity index (χ1v) is 12.6. The van der Waals surface area contributed by atoms with E-state index in [9.17, 15) is 17.2 Å². The molecule has 0 aliphatic heterocycles. The molecule has 2 N–H and O–H groups in total. The van der Waals surface area contributed by atoms with Crippen LogP contribution in [-0.2, 0) is 15.6 Å². The van der Waals surface area contributed by atoms with Gasteiger partial charge in [-0.2, -0.15) is 9.36 Å². The second kappa shape index (κ2) is 8.87. The lowest BCUT2D eigenvalue weighted by atomic mass is 10.0. The van der Waals surface area contributed by atoms with Crippen LogP contribution in [0.3, 0.4) is 0 Å². The van der Waals surface area contributed by atoms with Crippen molar-refractivity contribution in [1.82, 2.24) is 14.3 Å². The van der Waals surface area contributed by atoms with Gasteiger partial charge in [0.1, 0.15) is 39.1 Å². The molecule has 5 aromatic rings. The molecular weight excluding hydrogens is 522 g/mol. The normalized spacial score (nSPS) is 11.7. The summed E-state index contributed by atoms with van der Waals surface area (Å²) in [7, 11) is -4.21. The van der Waals surface area contributed by atoms with Crippen LogP contribution in [0.2, 0.25) is 5.02 Å². The third kappa shape index (κ3) is 4.67. The topological polar surface area (TPSA) is 121 Å². The predicted octanol–water partition coefficient (Wildman–Crippen LogP) is 5.63. The Labute approximate surface area is 206 Å². The minimum absolute atomic E-state index is 0.00145. The first-order valence-electron chi connectivity index (χ1n) is 9.81. The van der Waals surface area contributed by atoms with E-state index in [1.807, 2.05) is 0 Å². The summed E-state index contributed by atoms with van der Waals surface area (Å²) in [5.41, 5.74) is 7.58. The Morgan fingerprint density at radius 3 is 2.66 bits per heavy atom. The number of ether oxygens (including phenoxy) is 1. The smallest absolute Gasteiger partial charge is 0.292 e. The molecule has 0 saturated heterocycles. The lowest BCUT2D eigenvalue weighted by Crippen LogP contribution is -2.08. The molecule has 2 aromatic heterocycles. The fraction of sp³-hybridized carbons (Fsp3) is 0.0455. The molecule has 178 valence electrons. The van der Waals surface area contributed by atoms with Gasteiger partial charge in [-0.15, -0.1) is 0 Å². The van der Waals surface area contributed by atoms with Crippen molar-refractivity contribution in [3.63, 3.8) is 0 Å². The number of nitrogens with zero attached hydrogens (tertiary/aromatic N) is 3. The number of nitrogen functional groups attached to an aromatic ring is 1. The Morgan fingerprint density at radius 2 is 1.89 bits per heavy atom. The summed E-state index contributed by atoms with van der Waals surface area (Å²) in [6.45, 7) is 0. The predicted molar refractivity (Wildman–Crippen MR) is 126 cm³/mol. The van der Waals surface area contributed by atoms with Gasteiger partial charge in [0, 0.05) is 16.7 Å². The summed E-state index contributed by atoms with van der Waals surface area (Å²) < 4.78 is 69.6. The highest BCUT2D eigenvalue weighted by molar-refractivity contribution is 7.90. The van der Waals surface area contributed by atoms with Crippen LogP contribution in [-0.4, -0.2) is 22.8 Å². The molecule has 0 radical (unpaired) electrons. The van der Waals surface area contributed by atoms with E-state index in [0.29, 0.717) is 39.4 Å². The lowest BCUT2D eigenvalue weighted by molar-refractivity contribution is 0.433. The number of oxazole rings is 1. The number of benzene rings is 3. The third-order valence-corrected chi connectivity index (χ3v) is 7.63. The highest BCUT2D eigenvalue weighted by Crippen LogP contribution is 2.38. The second-order valence-corrected chi connectivity index (χ2v) is 10.5. The van der Waals surface area contributed by atoms with E-state index in [4.69, 9.17) is 26.5 Å². The van der Waals surface area contributed by atoms with Crippen LogP contribution in [0, 0.1) is 11.6 Å². The molecule has 0 aliphatic rings. The SMILES string of the molecule is Nc1nc2ccc(-c3cc(Cl)ccc3Oc3cc(F)c(S(=O)(=O)Cc4ncns4)cc3F)cc2o1. The summed E-state index contributed by atoms with van der Waals surface area (Å²) in [5.74, 6) is -3.21. The standard InChI is InChI=1S/C22H13ClF2N4O4S2/c23-12-2-4-17(13(6-12)11-1-3-16-19(5-11)33-22(26)29-16)32-18-7-15(25)20(8-14(18)24)35(30,31)9-21-27-10-28-34-21/h1-8,10H,9H2,(H2,26,29). The maximum atomic E-state index is 14.9. The molecule has 0 unspecified atom stereocenters. The molecule has 35 heavy (non-hydrogen) atoms. The van der Waals surface area contributed by atoms with Crippen molar-refractivity contribution in [2.45, 2.75) is 10.6 Å². The van der Waals surface area contributed by atoms with Crippen LogP contribution in [0.15, 0.2) is 64.2 Å². The molecule has 0 bridgehead atoms. The van der Waals surface area contributed by atoms with E-state index in [1.165, 1.54) is 18.5 Å². The van der Waals surface area contributed by atoms with Crippen molar-refractivity contribution in [3.8, 4) is 22.6 Å². The molecule has 0 spiro atoms. The molecule has 3 aromatic carbocycles. The summed E-state index contributed by atoms with van der Waals surface area (Å²) in [4.78, 5) is 7.01. The molecule has 0 amide bonds. The van der Waals surface area contributed by atoms with Crippen LogP contribution >= 0.6 is 23.1 Å². The number of sulfone groups is 1. The van der Waals surface area contributed by atoms with Crippen LogP contribution < -0.4 is 10.5 Å². The molecule has 5 rings (SSSR count). The average molecular weight is 535 g/mol. The first kappa shape index (κ1) is 23.1. The number of anilines is 1. The maximum absolute atomic E-state index is 14.9. The Morgan fingerprint density at radius 1 is 1.06 bits per heavy atom. The molecular formula is C22H13ClF2N4O4S2. The van der Waals surface area contributed by atoms with E-state index in [-0.39, 0.29) is 16.8 Å². The zero-order valence-corrected chi connectivity index (χ0v) is 19.8. The highest BCUT2D eigenvalue weighted by Gasteiger charge is 2.25. The van der Waals surface area contributed by atoms with Gasteiger partial charge in [0.15, 0.2) is 27.0 Å². The van der Waals surface area contributed by atoms with E-state index in [1.54, 1.807) is 24.3 Å². The number of nitrogens with two attached hydrogens (primary N) is 1. The Balaban J connectivity index is 1.51. The molecule has 8 nitrogen and oxygen atoms in total. The molecule has 0 saturated carbocycles. The average Bonchev–Trinajstić information content (AvgIpc) is 3.44. The van der Waals surface area contributed by atoms with Crippen LogP contribution in [0.5, 0.6) is 11.5 Å². The monoisotopic (exact) mass is 534 g/mol.